The van der Waals surface area contributed by atoms with Gasteiger partial charge in [0.15, 0.2) is 0 Å². The Hall–Kier alpha value is -1.71. The van der Waals surface area contributed by atoms with Gasteiger partial charge >= 0.3 is 0 Å². The molecule has 1 fully saturated rings. The van der Waals surface area contributed by atoms with Crippen LogP contribution in [-0.4, -0.2) is 56.5 Å². The monoisotopic (exact) mass is 301 g/mol. The van der Waals surface area contributed by atoms with Gasteiger partial charge in [-0.25, -0.2) is 8.42 Å². The number of likely N-dealkylation sites (N-methyl/N-ethyl adjacent to an activating group) is 1. The van der Waals surface area contributed by atoms with Crippen molar-refractivity contribution in [1.82, 2.24) is 14.6 Å². The molecule has 1 atom stereocenters. The second-order valence-electron chi connectivity index (χ2n) is 4.19. The number of carbonyl (C=O) groups is 1. The van der Waals surface area contributed by atoms with E-state index in [9.17, 15) is 18.0 Å². The van der Waals surface area contributed by atoms with E-state index in [0.29, 0.717) is 0 Å². The van der Waals surface area contributed by atoms with Gasteiger partial charge in [0.1, 0.15) is 10.9 Å². The standard InChI is InChI=1S/C11H15N3O5S/c1-12-11(16)8-7-19-5-4-14(8)20(17,18)10-6-13-3-2-9(10)15/h2-3,6,8H,4-5,7H2,1H3,(H,12,16)(H,13,15). The molecule has 0 aromatic carbocycles. The Balaban J connectivity index is 2.44. The maximum absolute atomic E-state index is 12.5. The maximum Gasteiger partial charge on any atom is 0.249 e. The molecule has 2 heterocycles. The van der Waals surface area contributed by atoms with Crippen LogP contribution in [0.25, 0.3) is 0 Å². The lowest BCUT2D eigenvalue weighted by Crippen LogP contribution is -2.55. The van der Waals surface area contributed by atoms with Gasteiger partial charge in [-0.2, -0.15) is 4.31 Å². The molecule has 20 heavy (non-hydrogen) atoms. The van der Waals surface area contributed by atoms with Crippen molar-refractivity contribution >= 4 is 15.9 Å². The summed E-state index contributed by atoms with van der Waals surface area (Å²) in [5.41, 5.74) is -0.620. The van der Waals surface area contributed by atoms with Gasteiger partial charge in [0.2, 0.25) is 21.4 Å². The summed E-state index contributed by atoms with van der Waals surface area (Å²) in [5.74, 6) is -0.472. The molecule has 1 aliphatic rings. The average molecular weight is 301 g/mol. The number of aromatic nitrogens is 1. The van der Waals surface area contributed by atoms with Gasteiger partial charge in [0.05, 0.1) is 13.2 Å². The van der Waals surface area contributed by atoms with E-state index >= 15 is 0 Å². The van der Waals surface area contributed by atoms with Crippen molar-refractivity contribution in [2.45, 2.75) is 10.9 Å². The van der Waals surface area contributed by atoms with Crippen molar-refractivity contribution in [2.24, 2.45) is 0 Å². The number of ether oxygens (including phenoxy) is 1. The fraction of sp³-hybridized carbons (Fsp3) is 0.455. The molecule has 0 radical (unpaired) electrons. The van der Waals surface area contributed by atoms with Crippen LogP contribution in [0, 0.1) is 0 Å². The zero-order chi connectivity index (χ0) is 14.8. The molecule has 1 aromatic rings. The largest absolute Gasteiger partial charge is 0.378 e. The van der Waals surface area contributed by atoms with Gasteiger partial charge in [-0.15, -0.1) is 0 Å². The summed E-state index contributed by atoms with van der Waals surface area (Å²) in [4.78, 5) is 25.6. The van der Waals surface area contributed by atoms with Crippen LogP contribution in [0.4, 0.5) is 0 Å². The predicted molar refractivity (Wildman–Crippen MR) is 69.6 cm³/mol. The SMILES string of the molecule is CNC(=O)C1COCCN1S(=O)(=O)c1c[nH]ccc1=O. The Morgan fingerprint density at radius 1 is 1.55 bits per heavy atom. The van der Waals surface area contributed by atoms with E-state index in [1.807, 2.05) is 0 Å². The van der Waals surface area contributed by atoms with Gasteiger partial charge in [0.25, 0.3) is 0 Å². The number of hydrogen-bond acceptors (Lipinski definition) is 5. The number of H-pyrrole nitrogens is 1. The summed E-state index contributed by atoms with van der Waals surface area (Å²) in [6.45, 7) is 0.163. The second kappa shape index (κ2) is 5.73. The van der Waals surface area contributed by atoms with Crippen LogP contribution in [-0.2, 0) is 19.6 Å². The third-order valence-corrected chi connectivity index (χ3v) is 4.93. The Morgan fingerprint density at radius 2 is 2.30 bits per heavy atom. The van der Waals surface area contributed by atoms with Crippen LogP contribution in [0.1, 0.15) is 0 Å². The molecule has 1 amide bonds. The van der Waals surface area contributed by atoms with Gasteiger partial charge in [-0.1, -0.05) is 0 Å². The first-order valence-electron chi connectivity index (χ1n) is 5.97. The van der Waals surface area contributed by atoms with E-state index in [1.54, 1.807) is 0 Å². The highest BCUT2D eigenvalue weighted by atomic mass is 32.2. The van der Waals surface area contributed by atoms with Crippen molar-refractivity contribution in [3.05, 3.63) is 28.7 Å². The van der Waals surface area contributed by atoms with Crippen molar-refractivity contribution in [1.29, 1.82) is 0 Å². The lowest BCUT2D eigenvalue weighted by atomic mass is 10.2. The van der Waals surface area contributed by atoms with Gasteiger partial charge in [-0.05, 0) is 0 Å². The molecule has 2 rings (SSSR count). The molecule has 1 saturated heterocycles. The molecule has 0 spiro atoms. The fourth-order valence-electron chi connectivity index (χ4n) is 1.98. The first-order valence-corrected chi connectivity index (χ1v) is 7.41. The molecule has 8 nitrogen and oxygen atoms in total. The summed E-state index contributed by atoms with van der Waals surface area (Å²) in [6, 6.07) is 0.153. The van der Waals surface area contributed by atoms with Crippen molar-refractivity contribution < 1.29 is 17.9 Å². The number of pyridine rings is 1. The molecule has 0 saturated carbocycles. The average Bonchev–Trinajstić information content (AvgIpc) is 2.46. The van der Waals surface area contributed by atoms with Gasteiger partial charge in [-0.3, -0.25) is 9.59 Å². The smallest absolute Gasteiger partial charge is 0.249 e. The second-order valence-corrected chi connectivity index (χ2v) is 6.05. The zero-order valence-corrected chi connectivity index (χ0v) is 11.6. The van der Waals surface area contributed by atoms with E-state index in [2.05, 4.69) is 10.3 Å². The number of sulfonamides is 1. The molecule has 1 aliphatic heterocycles. The number of amides is 1. The van der Waals surface area contributed by atoms with Crippen LogP contribution >= 0.6 is 0 Å². The third-order valence-electron chi connectivity index (χ3n) is 3.00. The fourth-order valence-corrected chi connectivity index (χ4v) is 3.58. The Kier molecular flexibility index (Phi) is 4.21. The zero-order valence-electron chi connectivity index (χ0n) is 10.8. The van der Waals surface area contributed by atoms with Gasteiger partial charge < -0.3 is 15.0 Å². The Morgan fingerprint density at radius 3 is 2.95 bits per heavy atom. The van der Waals surface area contributed by atoms with E-state index in [1.165, 1.54) is 13.2 Å². The first-order chi connectivity index (χ1) is 9.48. The summed E-state index contributed by atoms with van der Waals surface area (Å²) < 4.78 is 31.2. The van der Waals surface area contributed by atoms with E-state index in [0.717, 1.165) is 16.6 Å². The minimum atomic E-state index is -4.05. The lowest BCUT2D eigenvalue weighted by Gasteiger charge is -2.32. The molecule has 1 aromatic heterocycles. The number of aromatic amines is 1. The van der Waals surface area contributed by atoms with Crippen LogP contribution in [0.5, 0.6) is 0 Å². The highest BCUT2D eigenvalue weighted by molar-refractivity contribution is 7.89. The van der Waals surface area contributed by atoms with Crippen LogP contribution in [0.3, 0.4) is 0 Å². The van der Waals surface area contributed by atoms with E-state index in [4.69, 9.17) is 4.74 Å². The molecule has 9 heteroatoms. The lowest BCUT2D eigenvalue weighted by molar-refractivity contribution is -0.128. The quantitative estimate of drug-likeness (QED) is 0.707. The number of nitrogens with one attached hydrogen (secondary N) is 2. The molecule has 110 valence electrons. The minimum absolute atomic E-state index is 0.0226. The number of rotatable bonds is 3. The highest BCUT2D eigenvalue weighted by Gasteiger charge is 2.38. The van der Waals surface area contributed by atoms with Gasteiger partial charge in [0, 0.05) is 32.1 Å². The number of morpholine rings is 1. The molecular formula is C11H15N3O5S. The Labute approximate surface area is 115 Å². The molecule has 0 aliphatic carbocycles. The van der Waals surface area contributed by atoms with Crippen molar-refractivity contribution in [3.8, 4) is 0 Å². The predicted octanol–water partition coefficient (Wildman–Crippen LogP) is -1.49. The normalized spacial score (nSPS) is 20.6. The molecule has 1 unspecified atom stereocenters. The molecule has 0 bridgehead atoms. The maximum atomic E-state index is 12.5. The Bertz CT molecular complexity index is 654. The summed E-state index contributed by atoms with van der Waals surface area (Å²) >= 11 is 0. The van der Waals surface area contributed by atoms with Crippen LogP contribution < -0.4 is 10.7 Å². The minimum Gasteiger partial charge on any atom is -0.378 e. The molecular weight excluding hydrogens is 286 g/mol. The summed E-state index contributed by atoms with van der Waals surface area (Å²) in [6.07, 6.45) is 2.46. The van der Waals surface area contributed by atoms with Crippen molar-refractivity contribution in [2.75, 3.05) is 26.8 Å². The first kappa shape index (κ1) is 14.7. The van der Waals surface area contributed by atoms with Crippen LogP contribution in [0.2, 0.25) is 0 Å². The highest BCUT2D eigenvalue weighted by Crippen LogP contribution is 2.17. The van der Waals surface area contributed by atoms with E-state index in [-0.39, 0.29) is 24.7 Å². The van der Waals surface area contributed by atoms with Crippen molar-refractivity contribution in [3.63, 3.8) is 0 Å². The summed E-state index contributed by atoms with van der Waals surface area (Å²) in [5, 5.41) is 2.39. The number of hydrogen-bond donors (Lipinski definition) is 2. The topological polar surface area (TPSA) is 109 Å². The summed E-state index contributed by atoms with van der Waals surface area (Å²) in [7, 11) is -2.63. The molecule has 2 N–H and O–H groups in total. The van der Waals surface area contributed by atoms with E-state index < -0.39 is 27.4 Å². The number of carbonyl (C=O) groups excluding carboxylic acids is 1. The third kappa shape index (κ3) is 2.60. The number of nitrogens with zero attached hydrogens (tertiary/aromatic N) is 1. The van der Waals surface area contributed by atoms with Crippen LogP contribution in [0.15, 0.2) is 28.2 Å².